The molecule has 0 spiro atoms. The lowest BCUT2D eigenvalue weighted by atomic mass is 9.75. The smallest absolute Gasteiger partial charge is 0.250 e. The molecule has 1 aromatic carbocycles. The number of rotatable bonds is 8. The van der Waals surface area contributed by atoms with Gasteiger partial charge in [-0.05, 0) is 61.6 Å². The molecule has 28 heavy (non-hydrogen) atoms. The molecule has 0 bridgehead atoms. The predicted molar refractivity (Wildman–Crippen MR) is 109 cm³/mol. The van der Waals surface area contributed by atoms with E-state index < -0.39 is 10.0 Å². The van der Waals surface area contributed by atoms with Crippen molar-refractivity contribution in [3.05, 3.63) is 24.3 Å². The van der Waals surface area contributed by atoms with Crippen LogP contribution in [0.3, 0.4) is 0 Å². The first-order valence-corrected chi connectivity index (χ1v) is 11.8. The first-order chi connectivity index (χ1) is 13.2. The van der Waals surface area contributed by atoms with Crippen molar-refractivity contribution >= 4 is 21.6 Å². The third-order valence-corrected chi connectivity index (χ3v) is 7.24. The molecular weight excluding hydrogens is 376 g/mol. The average Bonchev–Trinajstić information content (AvgIpc) is 3.43. The van der Waals surface area contributed by atoms with Gasteiger partial charge in [0.1, 0.15) is 6.61 Å². The average molecular weight is 409 g/mol. The lowest BCUT2D eigenvalue weighted by molar-refractivity contribution is -0.126. The van der Waals surface area contributed by atoms with Gasteiger partial charge >= 0.3 is 0 Å². The normalized spacial score (nSPS) is 25.6. The van der Waals surface area contributed by atoms with Crippen molar-refractivity contribution in [1.29, 1.82) is 0 Å². The Hall–Kier alpha value is -1.44. The maximum absolute atomic E-state index is 12.4. The van der Waals surface area contributed by atoms with Crippen molar-refractivity contribution in [3.8, 4) is 0 Å². The standard InChI is InChI=1S/C21H32N2O4S/c1-14(2)19-10-7-15(3)11-20(19)27-13-21(24)22-17-5-4-6-18(12-17)28(25,26)23-16-8-9-16/h4-6,12,14-16,19-20,23H,7-11,13H2,1-3H3,(H,22,24)/t15-,19-,20+/m1/s1. The second kappa shape index (κ2) is 8.93. The molecule has 1 aromatic rings. The lowest BCUT2D eigenvalue weighted by Gasteiger charge is -2.37. The minimum atomic E-state index is -3.54. The van der Waals surface area contributed by atoms with Gasteiger partial charge in [-0.25, -0.2) is 13.1 Å². The van der Waals surface area contributed by atoms with Crippen LogP contribution in [0.25, 0.3) is 0 Å². The summed E-state index contributed by atoms with van der Waals surface area (Å²) in [5, 5.41) is 2.76. The predicted octanol–water partition coefficient (Wildman–Crippen LogP) is 3.54. The number of carbonyl (C=O) groups excluding carboxylic acids is 1. The van der Waals surface area contributed by atoms with Crippen LogP contribution in [0.1, 0.15) is 52.9 Å². The summed E-state index contributed by atoms with van der Waals surface area (Å²) < 4.78 is 33.3. The zero-order valence-electron chi connectivity index (χ0n) is 17.0. The fraction of sp³-hybridized carbons (Fsp3) is 0.667. The summed E-state index contributed by atoms with van der Waals surface area (Å²) in [7, 11) is -3.54. The van der Waals surface area contributed by atoms with Crippen molar-refractivity contribution in [1.82, 2.24) is 4.72 Å². The summed E-state index contributed by atoms with van der Waals surface area (Å²) in [5.41, 5.74) is 0.463. The summed E-state index contributed by atoms with van der Waals surface area (Å²) in [5.74, 6) is 1.36. The number of sulfonamides is 1. The van der Waals surface area contributed by atoms with Crippen LogP contribution in [0.5, 0.6) is 0 Å². The molecule has 156 valence electrons. The van der Waals surface area contributed by atoms with Gasteiger partial charge in [-0.1, -0.05) is 33.3 Å². The molecule has 0 aliphatic heterocycles. The number of ether oxygens (including phenoxy) is 1. The Kier molecular flexibility index (Phi) is 6.78. The second-order valence-electron chi connectivity index (χ2n) is 8.65. The van der Waals surface area contributed by atoms with E-state index in [1.165, 1.54) is 18.6 Å². The van der Waals surface area contributed by atoms with Crippen LogP contribution in [-0.4, -0.2) is 33.1 Å². The minimum absolute atomic E-state index is 0.0160. The number of hydrogen-bond donors (Lipinski definition) is 2. The maximum Gasteiger partial charge on any atom is 0.250 e. The monoisotopic (exact) mass is 408 g/mol. The molecule has 0 radical (unpaired) electrons. The highest BCUT2D eigenvalue weighted by Gasteiger charge is 2.32. The molecule has 6 nitrogen and oxygen atoms in total. The molecule has 0 unspecified atom stereocenters. The molecule has 2 N–H and O–H groups in total. The van der Waals surface area contributed by atoms with Crippen LogP contribution in [0.2, 0.25) is 0 Å². The second-order valence-corrected chi connectivity index (χ2v) is 10.4. The fourth-order valence-corrected chi connectivity index (χ4v) is 5.27. The van der Waals surface area contributed by atoms with Crippen molar-refractivity contribution in [2.75, 3.05) is 11.9 Å². The van der Waals surface area contributed by atoms with Gasteiger partial charge < -0.3 is 10.1 Å². The lowest BCUT2D eigenvalue weighted by Crippen LogP contribution is -2.36. The highest BCUT2D eigenvalue weighted by Crippen LogP contribution is 2.35. The van der Waals surface area contributed by atoms with Crippen LogP contribution in [-0.2, 0) is 19.6 Å². The Balaban J connectivity index is 1.56. The molecule has 1 amide bonds. The summed E-state index contributed by atoms with van der Waals surface area (Å²) in [6, 6.07) is 6.39. The first-order valence-electron chi connectivity index (χ1n) is 10.3. The molecule has 0 aromatic heterocycles. The van der Waals surface area contributed by atoms with E-state index in [-0.39, 0.29) is 29.6 Å². The van der Waals surface area contributed by atoms with Gasteiger partial charge in [0, 0.05) is 11.7 Å². The van der Waals surface area contributed by atoms with Gasteiger partial charge in [-0.2, -0.15) is 0 Å². The molecule has 3 rings (SSSR count). The van der Waals surface area contributed by atoms with Crippen molar-refractivity contribution in [3.63, 3.8) is 0 Å². The van der Waals surface area contributed by atoms with E-state index in [1.807, 2.05) is 0 Å². The summed E-state index contributed by atoms with van der Waals surface area (Å²) in [4.78, 5) is 12.5. The van der Waals surface area contributed by atoms with Gasteiger partial charge in [0.25, 0.3) is 0 Å². The molecule has 2 aliphatic rings. The Labute approximate surface area is 168 Å². The third-order valence-electron chi connectivity index (χ3n) is 5.72. The Bertz CT molecular complexity index is 789. The number of hydrogen-bond acceptors (Lipinski definition) is 4. The molecule has 7 heteroatoms. The van der Waals surface area contributed by atoms with Crippen LogP contribution >= 0.6 is 0 Å². The van der Waals surface area contributed by atoms with Crippen molar-refractivity contribution in [2.24, 2.45) is 17.8 Å². The first kappa shape index (κ1) is 21.3. The third kappa shape index (κ3) is 5.78. The molecular formula is C21H32N2O4S. The summed E-state index contributed by atoms with van der Waals surface area (Å²) in [6.07, 6.45) is 5.19. The number of anilines is 1. The van der Waals surface area contributed by atoms with E-state index in [9.17, 15) is 13.2 Å². The number of nitrogens with one attached hydrogen (secondary N) is 2. The van der Waals surface area contributed by atoms with E-state index in [2.05, 4.69) is 30.8 Å². The fourth-order valence-electron chi connectivity index (χ4n) is 3.92. The Morgan fingerprint density at radius 1 is 1.21 bits per heavy atom. The molecule has 0 saturated heterocycles. The maximum atomic E-state index is 12.4. The number of carbonyl (C=O) groups is 1. The highest BCUT2D eigenvalue weighted by atomic mass is 32.2. The van der Waals surface area contributed by atoms with Crippen LogP contribution in [0.4, 0.5) is 5.69 Å². The summed E-state index contributed by atoms with van der Waals surface area (Å²) in [6.45, 7) is 6.63. The molecule has 2 saturated carbocycles. The Morgan fingerprint density at radius 3 is 2.64 bits per heavy atom. The quantitative estimate of drug-likeness (QED) is 0.689. The van der Waals surface area contributed by atoms with E-state index in [0.717, 1.165) is 25.7 Å². The van der Waals surface area contributed by atoms with E-state index in [0.29, 0.717) is 23.4 Å². The van der Waals surface area contributed by atoms with Gasteiger partial charge in [-0.15, -0.1) is 0 Å². The van der Waals surface area contributed by atoms with E-state index in [1.54, 1.807) is 12.1 Å². The van der Waals surface area contributed by atoms with E-state index >= 15 is 0 Å². The molecule has 3 atom stereocenters. The zero-order valence-corrected chi connectivity index (χ0v) is 17.8. The van der Waals surface area contributed by atoms with Crippen molar-refractivity contribution in [2.45, 2.75) is 69.9 Å². The zero-order chi connectivity index (χ0) is 20.3. The van der Waals surface area contributed by atoms with Gasteiger partial charge in [-0.3, -0.25) is 4.79 Å². The number of benzene rings is 1. The SMILES string of the molecule is CC(C)[C@H]1CC[C@@H](C)C[C@@H]1OCC(=O)Nc1cccc(S(=O)(=O)NC2CC2)c1. The van der Waals surface area contributed by atoms with Crippen LogP contribution < -0.4 is 10.0 Å². The molecule has 2 fully saturated rings. The van der Waals surface area contributed by atoms with Gasteiger partial charge in [0.2, 0.25) is 15.9 Å². The Morgan fingerprint density at radius 2 is 1.96 bits per heavy atom. The van der Waals surface area contributed by atoms with Crippen molar-refractivity contribution < 1.29 is 17.9 Å². The van der Waals surface area contributed by atoms with Gasteiger partial charge in [0.15, 0.2) is 0 Å². The molecule has 0 heterocycles. The van der Waals surface area contributed by atoms with Crippen LogP contribution in [0.15, 0.2) is 29.2 Å². The van der Waals surface area contributed by atoms with Gasteiger partial charge in [0.05, 0.1) is 11.0 Å². The largest absolute Gasteiger partial charge is 0.368 e. The number of amides is 1. The minimum Gasteiger partial charge on any atom is -0.368 e. The van der Waals surface area contributed by atoms with E-state index in [4.69, 9.17) is 4.74 Å². The summed E-state index contributed by atoms with van der Waals surface area (Å²) >= 11 is 0. The molecule has 2 aliphatic carbocycles. The topological polar surface area (TPSA) is 84.5 Å². The van der Waals surface area contributed by atoms with Crippen LogP contribution in [0, 0.1) is 17.8 Å². The highest BCUT2D eigenvalue weighted by molar-refractivity contribution is 7.89.